The number of hydrogen-bond donors (Lipinski definition) is 1. The molecule has 1 aromatic carbocycles. The Morgan fingerprint density at radius 2 is 1.84 bits per heavy atom. The average Bonchev–Trinajstić information content (AvgIpc) is 2.37. The summed E-state index contributed by atoms with van der Waals surface area (Å²) in [6.07, 6.45) is -4.15. The summed E-state index contributed by atoms with van der Waals surface area (Å²) in [4.78, 5) is 0. The minimum absolute atomic E-state index is 0.184. The fourth-order valence-electron chi connectivity index (χ4n) is 1.59. The Morgan fingerprint density at radius 3 is 2.26 bits per heavy atom. The van der Waals surface area contributed by atoms with Crippen molar-refractivity contribution in [1.82, 2.24) is 5.32 Å². The zero-order valence-corrected chi connectivity index (χ0v) is 10.7. The van der Waals surface area contributed by atoms with E-state index in [2.05, 4.69) is 5.32 Å². The first-order chi connectivity index (χ1) is 8.78. The summed E-state index contributed by atoms with van der Waals surface area (Å²) in [7, 11) is 1.53. The van der Waals surface area contributed by atoms with Crippen LogP contribution in [0.15, 0.2) is 24.3 Å². The van der Waals surface area contributed by atoms with Gasteiger partial charge in [0.15, 0.2) is 0 Å². The molecule has 0 radical (unpaired) electrons. The number of benzene rings is 1. The van der Waals surface area contributed by atoms with Crippen LogP contribution in [-0.2, 0) is 6.42 Å². The number of nitrogens with zero attached hydrogens (tertiary/aromatic N) is 1. The zero-order chi connectivity index (χ0) is 14.5. The third-order valence-electron chi connectivity index (χ3n) is 2.64. The molecular weight excluding hydrogens is 257 g/mol. The van der Waals surface area contributed by atoms with Crippen LogP contribution in [0.25, 0.3) is 0 Å². The van der Waals surface area contributed by atoms with Crippen molar-refractivity contribution >= 4 is 0 Å². The molecule has 0 bridgehead atoms. The summed E-state index contributed by atoms with van der Waals surface area (Å²) in [6, 6.07) is 8.75. The zero-order valence-electron chi connectivity index (χ0n) is 10.7. The number of alkyl halides is 3. The Labute approximate surface area is 110 Å². The topological polar surface area (TPSA) is 45.0 Å². The molecule has 1 unspecified atom stereocenters. The van der Waals surface area contributed by atoms with E-state index < -0.39 is 18.3 Å². The van der Waals surface area contributed by atoms with Crippen LogP contribution in [-0.4, -0.2) is 25.4 Å². The predicted molar refractivity (Wildman–Crippen MR) is 64.8 cm³/mol. The summed E-state index contributed by atoms with van der Waals surface area (Å²) in [6.45, 7) is 0.260. The molecule has 1 aromatic rings. The van der Waals surface area contributed by atoms with Gasteiger partial charge in [-0.15, -0.1) is 0 Å². The Hall–Kier alpha value is -1.74. The number of rotatable bonds is 5. The van der Waals surface area contributed by atoms with Gasteiger partial charge >= 0.3 is 6.18 Å². The molecule has 19 heavy (non-hydrogen) atoms. The molecule has 104 valence electrons. The van der Waals surface area contributed by atoms with Crippen molar-refractivity contribution in [3.8, 4) is 11.8 Å². The number of ether oxygens (including phenoxy) is 1. The van der Waals surface area contributed by atoms with Gasteiger partial charge in [0, 0.05) is 6.42 Å². The Morgan fingerprint density at radius 1 is 1.26 bits per heavy atom. The van der Waals surface area contributed by atoms with Gasteiger partial charge in [-0.25, -0.2) is 0 Å². The van der Waals surface area contributed by atoms with Crippen LogP contribution in [0.1, 0.15) is 12.5 Å². The average molecular weight is 272 g/mol. The second-order valence-electron chi connectivity index (χ2n) is 4.44. The van der Waals surface area contributed by atoms with Gasteiger partial charge in [-0.05, 0) is 24.6 Å². The molecule has 1 rings (SSSR count). The number of nitrogens with one attached hydrogen (secondary N) is 1. The third-order valence-corrected chi connectivity index (χ3v) is 2.64. The lowest BCUT2D eigenvalue weighted by Crippen LogP contribution is -2.47. The lowest BCUT2D eigenvalue weighted by atomic mass is 9.94. The molecule has 0 spiro atoms. The number of nitriles is 1. The highest BCUT2D eigenvalue weighted by atomic mass is 19.4. The third kappa shape index (κ3) is 5.18. The van der Waals surface area contributed by atoms with Crippen LogP contribution < -0.4 is 10.1 Å². The monoisotopic (exact) mass is 272 g/mol. The molecule has 0 saturated heterocycles. The molecule has 6 heteroatoms. The van der Waals surface area contributed by atoms with Crippen LogP contribution in [0.5, 0.6) is 5.75 Å². The maximum absolute atomic E-state index is 12.2. The molecule has 1 atom stereocenters. The highest BCUT2D eigenvalue weighted by Crippen LogP contribution is 2.19. The quantitative estimate of drug-likeness (QED) is 0.896. The minimum atomic E-state index is -4.34. The van der Waals surface area contributed by atoms with Crippen LogP contribution in [0.2, 0.25) is 0 Å². The minimum Gasteiger partial charge on any atom is -0.497 e. The molecule has 0 aliphatic carbocycles. The van der Waals surface area contributed by atoms with E-state index in [1.165, 1.54) is 14.0 Å². The van der Waals surface area contributed by atoms with Crippen LogP contribution in [0.3, 0.4) is 0 Å². The summed E-state index contributed by atoms with van der Waals surface area (Å²) in [5.74, 6) is 0.658. The van der Waals surface area contributed by atoms with Gasteiger partial charge in [-0.2, -0.15) is 18.4 Å². The smallest absolute Gasteiger partial charge is 0.401 e. The fourth-order valence-corrected chi connectivity index (χ4v) is 1.59. The molecule has 0 fully saturated rings. The van der Waals surface area contributed by atoms with Crippen molar-refractivity contribution in [3.05, 3.63) is 29.8 Å². The van der Waals surface area contributed by atoms with Gasteiger partial charge in [0.2, 0.25) is 0 Å². The molecule has 0 heterocycles. The van der Waals surface area contributed by atoms with E-state index in [0.717, 1.165) is 5.56 Å². The van der Waals surface area contributed by atoms with Crippen molar-refractivity contribution < 1.29 is 17.9 Å². The molecule has 0 aromatic heterocycles. The van der Waals surface area contributed by atoms with E-state index in [1.807, 2.05) is 6.07 Å². The van der Waals surface area contributed by atoms with Crippen LogP contribution in [0, 0.1) is 11.3 Å². The molecule has 0 saturated carbocycles. The highest BCUT2D eigenvalue weighted by Gasteiger charge is 2.32. The molecular formula is C13H15F3N2O. The first kappa shape index (κ1) is 15.3. The lowest BCUT2D eigenvalue weighted by Gasteiger charge is -2.24. The molecule has 1 N–H and O–H groups in total. The van der Waals surface area contributed by atoms with E-state index in [1.54, 1.807) is 24.3 Å². The van der Waals surface area contributed by atoms with Crippen molar-refractivity contribution in [2.75, 3.05) is 13.7 Å². The fraction of sp³-hybridized carbons (Fsp3) is 0.462. The van der Waals surface area contributed by atoms with E-state index in [9.17, 15) is 13.2 Å². The lowest BCUT2D eigenvalue weighted by molar-refractivity contribution is -0.127. The van der Waals surface area contributed by atoms with E-state index in [4.69, 9.17) is 10.00 Å². The first-order valence-corrected chi connectivity index (χ1v) is 5.64. The van der Waals surface area contributed by atoms with Crippen LogP contribution in [0.4, 0.5) is 13.2 Å². The van der Waals surface area contributed by atoms with E-state index in [0.29, 0.717) is 5.75 Å². The predicted octanol–water partition coefficient (Wildman–Crippen LogP) is 2.67. The maximum Gasteiger partial charge on any atom is 0.401 e. The Bertz CT molecular complexity index is 450. The number of methoxy groups -OCH3 is 1. The van der Waals surface area contributed by atoms with Crippen molar-refractivity contribution in [2.45, 2.75) is 25.1 Å². The summed E-state index contributed by atoms with van der Waals surface area (Å²) in [5.41, 5.74) is -0.496. The van der Waals surface area contributed by atoms with Crippen molar-refractivity contribution in [1.29, 1.82) is 5.26 Å². The van der Waals surface area contributed by atoms with Gasteiger partial charge in [0.05, 0.1) is 19.7 Å². The second-order valence-corrected chi connectivity index (χ2v) is 4.44. The van der Waals surface area contributed by atoms with Gasteiger partial charge in [-0.3, -0.25) is 5.32 Å². The SMILES string of the molecule is COc1ccc(CC(C)(C#N)NCC(F)(F)F)cc1. The van der Waals surface area contributed by atoms with Gasteiger partial charge < -0.3 is 4.74 Å². The number of halogens is 3. The van der Waals surface area contributed by atoms with E-state index in [-0.39, 0.29) is 6.42 Å². The Balaban J connectivity index is 2.72. The van der Waals surface area contributed by atoms with E-state index >= 15 is 0 Å². The number of hydrogen-bond acceptors (Lipinski definition) is 3. The summed E-state index contributed by atoms with van der Waals surface area (Å²) < 4.78 is 41.5. The highest BCUT2D eigenvalue weighted by molar-refractivity contribution is 5.29. The van der Waals surface area contributed by atoms with Crippen molar-refractivity contribution in [2.24, 2.45) is 0 Å². The largest absolute Gasteiger partial charge is 0.497 e. The normalized spacial score (nSPS) is 14.5. The van der Waals surface area contributed by atoms with Crippen molar-refractivity contribution in [3.63, 3.8) is 0 Å². The summed E-state index contributed by atoms with van der Waals surface area (Å²) in [5, 5.41) is 11.3. The summed E-state index contributed by atoms with van der Waals surface area (Å²) >= 11 is 0. The standard InChI is InChI=1S/C13H15F3N2O/c1-12(8-17,18-9-13(14,15)16)7-10-3-5-11(19-2)6-4-10/h3-6,18H,7,9H2,1-2H3. The second kappa shape index (κ2) is 5.93. The van der Waals surface area contributed by atoms with Gasteiger partial charge in [0.1, 0.15) is 11.3 Å². The molecule has 0 aliphatic rings. The molecule has 3 nitrogen and oxygen atoms in total. The van der Waals surface area contributed by atoms with Crippen LogP contribution >= 0.6 is 0 Å². The molecule has 0 aliphatic heterocycles. The van der Waals surface area contributed by atoms with Gasteiger partial charge in [0.25, 0.3) is 0 Å². The van der Waals surface area contributed by atoms with Gasteiger partial charge in [-0.1, -0.05) is 12.1 Å². The molecule has 0 amide bonds. The Kier molecular flexibility index (Phi) is 4.78. The maximum atomic E-state index is 12.2. The first-order valence-electron chi connectivity index (χ1n) is 5.64.